The molecule has 3 nitrogen and oxygen atoms in total. The van der Waals surface area contributed by atoms with Gasteiger partial charge >= 0.3 is 0 Å². The van der Waals surface area contributed by atoms with E-state index in [2.05, 4.69) is 43.9 Å². The van der Waals surface area contributed by atoms with E-state index in [9.17, 15) is 0 Å². The quantitative estimate of drug-likeness (QED) is 0.827. The predicted octanol–water partition coefficient (Wildman–Crippen LogP) is 2.06. The molecule has 1 aromatic heterocycles. The zero-order chi connectivity index (χ0) is 12.2. The van der Waals surface area contributed by atoms with Crippen LogP contribution in [-0.2, 0) is 0 Å². The molecular formula is C13H23N3. The van der Waals surface area contributed by atoms with Crippen LogP contribution in [-0.4, -0.2) is 30.5 Å². The highest BCUT2D eigenvalue weighted by Gasteiger charge is 2.31. The van der Waals surface area contributed by atoms with Crippen molar-refractivity contribution < 1.29 is 0 Å². The van der Waals surface area contributed by atoms with Gasteiger partial charge in [0.2, 0.25) is 0 Å². The topological polar surface area (TPSA) is 42.2 Å². The first kappa shape index (κ1) is 13.1. The summed E-state index contributed by atoms with van der Waals surface area (Å²) >= 11 is 0. The Balaban J connectivity index is 3.00. The molecule has 0 radical (unpaired) electrons. The molecule has 1 atom stereocenters. The third-order valence-corrected chi connectivity index (χ3v) is 3.05. The lowest BCUT2D eigenvalue weighted by Crippen LogP contribution is -2.35. The summed E-state index contributed by atoms with van der Waals surface area (Å²) in [6.45, 7) is 5.24. The maximum atomic E-state index is 5.70. The second-order valence-corrected chi connectivity index (χ2v) is 5.18. The molecule has 16 heavy (non-hydrogen) atoms. The lowest BCUT2D eigenvalue weighted by Gasteiger charge is -2.39. The van der Waals surface area contributed by atoms with Gasteiger partial charge in [-0.25, -0.2) is 0 Å². The zero-order valence-corrected chi connectivity index (χ0v) is 10.8. The van der Waals surface area contributed by atoms with Crippen molar-refractivity contribution in [3.05, 3.63) is 30.1 Å². The largest absolute Gasteiger partial charge is 0.330 e. The summed E-state index contributed by atoms with van der Waals surface area (Å²) in [6, 6.07) is 4.48. The van der Waals surface area contributed by atoms with Gasteiger partial charge in [-0.3, -0.25) is 4.98 Å². The van der Waals surface area contributed by atoms with Crippen molar-refractivity contribution >= 4 is 0 Å². The van der Waals surface area contributed by atoms with Gasteiger partial charge in [-0.05, 0) is 44.1 Å². The highest BCUT2D eigenvalue weighted by Crippen LogP contribution is 2.38. The van der Waals surface area contributed by atoms with E-state index in [1.54, 1.807) is 0 Å². The van der Waals surface area contributed by atoms with Crippen molar-refractivity contribution in [2.75, 3.05) is 20.6 Å². The molecule has 0 aliphatic rings. The summed E-state index contributed by atoms with van der Waals surface area (Å²) in [7, 11) is 4.21. The van der Waals surface area contributed by atoms with Crippen molar-refractivity contribution in [3.63, 3.8) is 0 Å². The second kappa shape index (κ2) is 5.41. The van der Waals surface area contributed by atoms with E-state index < -0.39 is 0 Å². The van der Waals surface area contributed by atoms with Crippen molar-refractivity contribution in [1.82, 2.24) is 9.88 Å². The van der Waals surface area contributed by atoms with Gasteiger partial charge in [0.1, 0.15) is 0 Å². The fourth-order valence-corrected chi connectivity index (χ4v) is 2.49. The van der Waals surface area contributed by atoms with Crippen LogP contribution in [0.1, 0.15) is 31.9 Å². The van der Waals surface area contributed by atoms with Crippen molar-refractivity contribution in [2.45, 2.75) is 26.3 Å². The Morgan fingerprint density at radius 2 is 2.12 bits per heavy atom. The van der Waals surface area contributed by atoms with Gasteiger partial charge in [0.25, 0.3) is 0 Å². The Bertz CT molecular complexity index is 306. The Morgan fingerprint density at radius 1 is 1.44 bits per heavy atom. The molecule has 0 fully saturated rings. The molecule has 0 saturated heterocycles. The van der Waals surface area contributed by atoms with E-state index >= 15 is 0 Å². The molecule has 0 aliphatic heterocycles. The van der Waals surface area contributed by atoms with E-state index in [4.69, 9.17) is 5.73 Å². The number of aromatic nitrogens is 1. The first-order valence-corrected chi connectivity index (χ1v) is 5.75. The summed E-state index contributed by atoms with van der Waals surface area (Å²) in [5.41, 5.74) is 7.11. The number of nitrogens with zero attached hydrogens (tertiary/aromatic N) is 2. The SMILES string of the molecule is CN(C)C(c1cccnc1)C(C)(C)CCN. The average molecular weight is 221 g/mol. The molecule has 0 bridgehead atoms. The lowest BCUT2D eigenvalue weighted by atomic mass is 9.77. The average Bonchev–Trinajstić information content (AvgIpc) is 2.17. The predicted molar refractivity (Wildman–Crippen MR) is 68.1 cm³/mol. The zero-order valence-electron chi connectivity index (χ0n) is 10.8. The molecule has 0 amide bonds. The van der Waals surface area contributed by atoms with E-state index in [0.29, 0.717) is 6.04 Å². The maximum absolute atomic E-state index is 5.70. The van der Waals surface area contributed by atoms with Crippen LogP contribution < -0.4 is 5.73 Å². The molecule has 1 aromatic rings. The van der Waals surface area contributed by atoms with Crippen LogP contribution in [0.4, 0.5) is 0 Å². The van der Waals surface area contributed by atoms with Crippen molar-refractivity contribution in [3.8, 4) is 0 Å². The summed E-state index contributed by atoms with van der Waals surface area (Å²) in [5.74, 6) is 0. The summed E-state index contributed by atoms with van der Waals surface area (Å²) in [6.07, 6.45) is 4.76. The van der Waals surface area contributed by atoms with Gasteiger partial charge < -0.3 is 10.6 Å². The molecule has 3 heteroatoms. The van der Waals surface area contributed by atoms with Gasteiger partial charge in [0.05, 0.1) is 0 Å². The third kappa shape index (κ3) is 3.03. The number of pyridine rings is 1. The van der Waals surface area contributed by atoms with Crippen LogP contribution >= 0.6 is 0 Å². The smallest absolute Gasteiger partial charge is 0.0408 e. The third-order valence-electron chi connectivity index (χ3n) is 3.05. The summed E-state index contributed by atoms with van der Waals surface area (Å²) in [5, 5.41) is 0. The summed E-state index contributed by atoms with van der Waals surface area (Å²) in [4.78, 5) is 6.45. The Kier molecular flexibility index (Phi) is 4.44. The molecule has 0 aromatic carbocycles. The van der Waals surface area contributed by atoms with Crippen molar-refractivity contribution in [1.29, 1.82) is 0 Å². The monoisotopic (exact) mass is 221 g/mol. The Hall–Kier alpha value is -0.930. The lowest BCUT2D eigenvalue weighted by molar-refractivity contribution is 0.128. The van der Waals surface area contributed by atoms with Gasteiger partial charge in [-0.2, -0.15) is 0 Å². The van der Waals surface area contributed by atoms with Crippen LogP contribution in [0.2, 0.25) is 0 Å². The number of hydrogen-bond donors (Lipinski definition) is 1. The highest BCUT2D eigenvalue weighted by atomic mass is 15.1. The van der Waals surface area contributed by atoms with E-state index in [1.165, 1.54) is 5.56 Å². The van der Waals surface area contributed by atoms with Gasteiger partial charge in [-0.15, -0.1) is 0 Å². The van der Waals surface area contributed by atoms with Crippen LogP contribution in [0.5, 0.6) is 0 Å². The van der Waals surface area contributed by atoms with Crippen LogP contribution in [0, 0.1) is 5.41 Å². The Morgan fingerprint density at radius 3 is 2.56 bits per heavy atom. The van der Waals surface area contributed by atoms with Crippen LogP contribution in [0.25, 0.3) is 0 Å². The number of hydrogen-bond acceptors (Lipinski definition) is 3. The standard InChI is InChI=1S/C13H23N3/c1-13(2,7-8-14)12(16(3)4)11-6-5-9-15-10-11/h5-6,9-10,12H,7-8,14H2,1-4H3. The van der Waals surface area contributed by atoms with E-state index in [-0.39, 0.29) is 5.41 Å². The first-order valence-electron chi connectivity index (χ1n) is 5.75. The minimum absolute atomic E-state index is 0.154. The molecule has 2 N–H and O–H groups in total. The Labute approximate surface area is 98.7 Å². The van der Waals surface area contributed by atoms with E-state index in [1.807, 2.05) is 18.5 Å². The number of nitrogens with two attached hydrogens (primary N) is 1. The molecular weight excluding hydrogens is 198 g/mol. The van der Waals surface area contributed by atoms with Crippen LogP contribution in [0.3, 0.4) is 0 Å². The fraction of sp³-hybridized carbons (Fsp3) is 0.615. The minimum atomic E-state index is 0.154. The molecule has 1 unspecified atom stereocenters. The van der Waals surface area contributed by atoms with E-state index in [0.717, 1.165) is 13.0 Å². The molecule has 90 valence electrons. The first-order chi connectivity index (χ1) is 7.49. The molecule has 0 saturated carbocycles. The van der Waals surface area contributed by atoms with Crippen LogP contribution in [0.15, 0.2) is 24.5 Å². The highest BCUT2D eigenvalue weighted by molar-refractivity contribution is 5.16. The summed E-state index contributed by atoms with van der Waals surface area (Å²) < 4.78 is 0. The van der Waals surface area contributed by atoms with Gasteiger partial charge in [0, 0.05) is 18.4 Å². The number of rotatable bonds is 5. The normalized spacial score (nSPS) is 14.1. The van der Waals surface area contributed by atoms with Gasteiger partial charge in [0.15, 0.2) is 0 Å². The fourth-order valence-electron chi connectivity index (χ4n) is 2.49. The van der Waals surface area contributed by atoms with Gasteiger partial charge in [-0.1, -0.05) is 19.9 Å². The maximum Gasteiger partial charge on any atom is 0.0408 e. The molecule has 0 spiro atoms. The molecule has 0 aliphatic carbocycles. The second-order valence-electron chi connectivity index (χ2n) is 5.18. The van der Waals surface area contributed by atoms with Crippen molar-refractivity contribution in [2.24, 2.45) is 11.1 Å². The molecule has 1 rings (SSSR count). The molecule has 1 heterocycles. The minimum Gasteiger partial charge on any atom is -0.330 e.